The quantitative estimate of drug-likeness (QED) is 0.833. The van der Waals surface area contributed by atoms with Gasteiger partial charge >= 0.3 is 12.7 Å². The van der Waals surface area contributed by atoms with E-state index in [9.17, 15) is 13.6 Å². The predicted octanol–water partition coefficient (Wildman–Crippen LogP) is 1.45. The average molecular weight is 218 g/mol. The first-order valence-corrected chi connectivity index (χ1v) is 3.88. The Morgan fingerprint density at radius 3 is 2.73 bits per heavy atom. The molecule has 15 heavy (non-hydrogen) atoms. The van der Waals surface area contributed by atoms with E-state index in [1.54, 1.807) is 6.92 Å². The van der Waals surface area contributed by atoms with Crippen molar-refractivity contribution in [3.05, 3.63) is 18.0 Å². The lowest BCUT2D eigenvalue weighted by Gasteiger charge is -2.09. The van der Waals surface area contributed by atoms with Gasteiger partial charge in [-0.05, 0) is 6.92 Å². The van der Waals surface area contributed by atoms with Gasteiger partial charge in [-0.3, -0.25) is 4.98 Å². The van der Waals surface area contributed by atoms with Gasteiger partial charge in [-0.2, -0.15) is 8.78 Å². The maximum atomic E-state index is 12.0. The second kappa shape index (κ2) is 4.54. The first-order valence-electron chi connectivity index (χ1n) is 3.88. The number of carbonyl (C=O) groups is 1. The lowest BCUT2D eigenvalue weighted by Crippen LogP contribution is -2.17. The van der Waals surface area contributed by atoms with Gasteiger partial charge in [0.2, 0.25) is 0 Å². The highest BCUT2D eigenvalue weighted by Crippen LogP contribution is 2.28. The SMILES string of the molecule is Cc1cc(OC(F)F)c(OC(N)=O)cn1. The third-order valence-corrected chi connectivity index (χ3v) is 1.39. The minimum atomic E-state index is -3.01. The van der Waals surface area contributed by atoms with Crippen LogP contribution < -0.4 is 15.2 Å². The number of aryl methyl sites for hydroxylation is 1. The molecule has 2 N–H and O–H groups in total. The van der Waals surface area contributed by atoms with Crippen LogP contribution in [-0.4, -0.2) is 17.7 Å². The molecule has 0 aliphatic rings. The number of ether oxygens (including phenoxy) is 2. The number of halogens is 2. The molecule has 1 aromatic rings. The van der Waals surface area contributed by atoms with Crippen LogP contribution in [0.2, 0.25) is 0 Å². The molecule has 5 nitrogen and oxygen atoms in total. The van der Waals surface area contributed by atoms with Crippen LogP contribution >= 0.6 is 0 Å². The molecular weight excluding hydrogens is 210 g/mol. The lowest BCUT2D eigenvalue weighted by molar-refractivity contribution is -0.0511. The van der Waals surface area contributed by atoms with Gasteiger partial charge in [0.05, 0.1) is 6.20 Å². The second-order valence-corrected chi connectivity index (χ2v) is 2.57. The van der Waals surface area contributed by atoms with Crippen LogP contribution in [0.4, 0.5) is 13.6 Å². The molecule has 0 aliphatic heterocycles. The molecule has 0 atom stereocenters. The molecule has 82 valence electrons. The van der Waals surface area contributed by atoms with E-state index in [0.29, 0.717) is 5.69 Å². The summed E-state index contributed by atoms with van der Waals surface area (Å²) >= 11 is 0. The van der Waals surface area contributed by atoms with E-state index < -0.39 is 12.7 Å². The Morgan fingerprint density at radius 2 is 2.20 bits per heavy atom. The van der Waals surface area contributed by atoms with E-state index in [2.05, 4.69) is 14.5 Å². The Morgan fingerprint density at radius 1 is 1.53 bits per heavy atom. The van der Waals surface area contributed by atoms with Gasteiger partial charge in [-0.1, -0.05) is 0 Å². The molecule has 1 heterocycles. The summed E-state index contributed by atoms with van der Waals surface area (Å²) in [5.74, 6) is -0.523. The molecule has 0 saturated heterocycles. The molecule has 1 amide bonds. The lowest BCUT2D eigenvalue weighted by atomic mass is 10.3. The number of rotatable bonds is 3. The number of carbonyl (C=O) groups excluding carboxylic acids is 1. The van der Waals surface area contributed by atoms with Crippen molar-refractivity contribution in [2.75, 3.05) is 0 Å². The highest BCUT2D eigenvalue weighted by Gasteiger charge is 2.13. The third kappa shape index (κ3) is 3.37. The van der Waals surface area contributed by atoms with Crippen LogP contribution in [0.15, 0.2) is 12.3 Å². The Bertz CT molecular complexity index is 371. The third-order valence-electron chi connectivity index (χ3n) is 1.39. The standard InChI is InChI=1S/C8H8F2N2O3/c1-4-2-5(14-7(9)10)6(3-12-4)15-8(11)13/h2-3,7H,1H3,(H2,11,13). The average Bonchev–Trinajstić information content (AvgIpc) is 2.08. The topological polar surface area (TPSA) is 74.4 Å². The molecule has 1 rings (SSSR count). The molecule has 0 unspecified atom stereocenters. The number of pyridine rings is 1. The van der Waals surface area contributed by atoms with Crippen molar-refractivity contribution in [2.24, 2.45) is 5.73 Å². The summed E-state index contributed by atoms with van der Waals surface area (Å²) in [5.41, 5.74) is 5.18. The molecule has 0 bridgehead atoms. The smallest absolute Gasteiger partial charge is 0.410 e. The number of nitrogens with two attached hydrogens (primary N) is 1. The maximum absolute atomic E-state index is 12.0. The van der Waals surface area contributed by atoms with E-state index in [1.807, 2.05) is 0 Å². The van der Waals surface area contributed by atoms with Crippen molar-refractivity contribution < 1.29 is 23.0 Å². The van der Waals surface area contributed by atoms with Crippen molar-refractivity contribution in [2.45, 2.75) is 13.5 Å². The van der Waals surface area contributed by atoms with Gasteiger partial charge in [-0.15, -0.1) is 0 Å². The van der Waals surface area contributed by atoms with Crippen molar-refractivity contribution in [3.63, 3.8) is 0 Å². The predicted molar refractivity (Wildman–Crippen MR) is 45.8 cm³/mol. The molecule has 0 spiro atoms. The summed E-state index contributed by atoms with van der Waals surface area (Å²) in [6.45, 7) is -1.44. The minimum Gasteiger partial charge on any atom is -0.431 e. The zero-order chi connectivity index (χ0) is 11.4. The molecule has 0 saturated carbocycles. The number of hydrogen-bond donors (Lipinski definition) is 1. The number of nitrogens with zero attached hydrogens (tertiary/aromatic N) is 1. The van der Waals surface area contributed by atoms with Gasteiger partial charge in [0.1, 0.15) is 0 Å². The van der Waals surface area contributed by atoms with E-state index in [1.165, 1.54) is 6.07 Å². The molecule has 0 radical (unpaired) electrons. The number of hydrogen-bond acceptors (Lipinski definition) is 4. The van der Waals surface area contributed by atoms with Gasteiger partial charge in [0.15, 0.2) is 11.5 Å². The highest BCUT2D eigenvalue weighted by molar-refractivity contribution is 5.69. The van der Waals surface area contributed by atoms with Crippen LogP contribution in [-0.2, 0) is 0 Å². The van der Waals surface area contributed by atoms with Crippen molar-refractivity contribution >= 4 is 6.09 Å². The molecule has 0 aromatic carbocycles. The zero-order valence-corrected chi connectivity index (χ0v) is 7.74. The molecular formula is C8H8F2N2O3. The van der Waals surface area contributed by atoms with Crippen LogP contribution in [0.25, 0.3) is 0 Å². The Hall–Kier alpha value is -1.92. The maximum Gasteiger partial charge on any atom is 0.410 e. The van der Waals surface area contributed by atoms with Crippen LogP contribution in [0.5, 0.6) is 11.5 Å². The van der Waals surface area contributed by atoms with E-state index in [0.717, 1.165) is 6.20 Å². The number of primary amides is 1. The first-order chi connectivity index (χ1) is 6.99. The number of aromatic nitrogens is 1. The molecule has 0 fully saturated rings. The van der Waals surface area contributed by atoms with E-state index >= 15 is 0 Å². The molecule has 7 heteroatoms. The van der Waals surface area contributed by atoms with E-state index in [-0.39, 0.29) is 11.5 Å². The zero-order valence-electron chi connectivity index (χ0n) is 7.74. The first kappa shape index (κ1) is 11.2. The monoisotopic (exact) mass is 218 g/mol. The highest BCUT2D eigenvalue weighted by atomic mass is 19.3. The normalized spacial score (nSPS) is 10.1. The summed E-state index contributed by atoms with van der Waals surface area (Å²) < 4.78 is 32.5. The van der Waals surface area contributed by atoms with Crippen molar-refractivity contribution in [1.29, 1.82) is 0 Å². The summed E-state index contributed by atoms with van der Waals surface area (Å²) in [6.07, 6.45) is -0.0441. The van der Waals surface area contributed by atoms with Gasteiger partial charge in [0, 0.05) is 11.8 Å². The fourth-order valence-electron chi connectivity index (χ4n) is 0.895. The summed E-state index contributed by atoms with van der Waals surface area (Å²) in [6, 6.07) is 1.21. The van der Waals surface area contributed by atoms with Crippen molar-refractivity contribution in [1.82, 2.24) is 4.98 Å². The van der Waals surface area contributed by atoms with Crippen molar-refractivity contribution in [3.8, 4) is 11.5 Å². The summed E-state index contributed by atoms with van der Waals surface area (Å²) in [7, 11) is 0. The minimum absolute atomic E-state index is 0.242. The van der Waals surface area contributed by atoms with Gasteiger partial charge < -0.3 is 15.2 Å². The Kier molecular flexibility index (Phi) is 3.37. The second-order valence-electron chi connectivity index (χ2n) is 2.57. The number of amides is 1. The molecule has 0 aliphatic carbocycles. The summed E-state index contributed by atoms with van der Waals surface area (Å²) in [4.78, 5) is 14.2. The van der Waals surface area contributed by atoms with Crippen LogP contribution in [0.3, 0.4) is 0 Å². The summed E-state index contributed by atoms with van der Waals surface area (Å²) in [5, 5.41) is 0. The van der Waals surface area contributed by atoms with E-state index in [4.69, 9.17) is 5.73 Å². The Balaban J connectivity index is 2.97. The number of alkyl halides is 2. The van der Waals surface area contributed by atoms with Crippen LogP contribution in [0.1, 0.15) is 5.69 Å². The largest absolute Gasteiger partial charge is 0.431 e. The van der Waals surface area contributed by atoms with Gasteiger partial charge in [-0.25, -0.2) is 4.79 Å². The van der Waals surface area contributed by atoms with Gasteiger partial charge in [0.25, 0.3) is 0 Å². The van der Waals surface area contributed by atoms with Crippen LogP contribution in [0, 0.1) is 6.92 Å². The fourth-order valence-corrected chi connectivity index (χ4v) is 0.895. The Labute approximate surface area is 83.8 Å². The fraction of sp³-hybridized carbons (Fsp3) is 0.250. The molecule has 1 aromatic heterocycles.